The Labute approximate surface area is 224 Å². The summed E-state index contributed by atoms with van der Waals surface area (Å²) >= 11 is 0. The number of likely N-dealkylation sites (N-methyl/N-ethyl adjacent to an activating group) is 4. The van der Waals surface area contributed by atoms with Gasteiger partial charge in [-0.25, -0.2) is 9.36 Å². The summed E-state index contributed by atoms with van der Waals surface area (Å²) in [5, 5.41) is 28.6. The molecule has 0 radical (unpaired) electrons. The lowest BCUT2D eigenvalue weighted by atomic mass is 10.3. The van der Waals surface area contributed by atoms with E-state index >= 15 is 0 Å². The van der Waals surface area contributed by atoms with E-state index in [1.54, 1.807) is 31.6 Å². The van der Waals surface area contributed by atoms with Crippen LogP contribution in [-0.4, -0.2) is 145 Å². The van der Waals surface area contributed by atoms with E-state index in [1.807, 2.05) is 28.1 Å². The quantitative estimate of drug-likeness (QED) is 0.128. The fraction of sp³-hybridized carbons (Fsp3) is 0.739. The SMILES string of the molecule is CCNCCN(CCNC)C(=O)c1cn(CCOCCn2cc(C(=O)N(CCNC)CCNC)nn2)nn1. The number of carbonyl (C=O) groups excluding carboxylic acids is 2. The first kappa shape index (κ1) is 31.2. The minimum Gasteiger partial charge on any atom is -0.378 e. The molecule has 0 unspecified atom stereocenters. The number of nitrogens with one attached hydrogen (secondary N) is 4. The highest BCUT2D eigenvalue weighted by Gasteiger charge is 2.19. The molecule has 0 aromatic carbocycles. The van der Waals surface area contributed by atoms with Crippen LogP contribution < -0.4 is 21.3 Å². The number of hydrogen-bond acceptors (Lipinski definition) is 11. The third kappa shape index (κ3) is 10.8. The maximum atomic E-state index is 12.9. The van der Waals surface area contributed by atoms with Gasteiger partial charge in [0.25, 0.3) is 11.8 Å². The first-order valence-electron chi connectivity index (χ1n) is 13.1. The van der Waals surface area contributed by atoms with Crippen molar-refractivity contribution in [2.24, 2.45) is 0 Å². The van der Waals surface area contributed by atoms with Crippen molar-refractivity contribution in [1.29, 1.82) is 0 Å². The molecule has 0 aliphatic rings. The van der Waals surface area contributed by atoms with E-state index in [-0.39, 0.29) is 11.8 Å². The summed E-state index contributed by atoms with van der Waals surface area (Å²) in [6, 6.07) is 0. The van der Waals surface area contributed by atoms with Gasteiger partial charge in [-0.2, -0.15) is 0 Å². The van der Waals surface area contributed by atoms with Gasteiger partial charge in [-0.05, 0) is 27.7 Å². The Morgan fingerprint density at radius 2 is 1.18 bits per heavy atom. The van der Waals surface area contributed by atoms with Crippen LogP contribution >= 0.6 is 0 Å². The normalized spacial score (nSPS) is 11.2. The molecule has 15 nitrogen and oxygen atoms in total. The topological polar surface area (TPSA) is 159 Å². The minimum atomic E-state index is -0.148. The van der Waals surface area contributed by atoms with Gasteiger partial charge >= 0.3 is 0 Å². The minimum absolute atomic E-state index is 0.141. The summed E-state index contributed by atoms with van der Waals surface area (Å²) in [6.07, 6.45) is 3.29. The third-order valence-electron chi connectivity index (χ3n) is 5.72. The molecule has 0 aliphatic heterocycles. The van der Waals surface area contributed by atoms with Crippen LogP contribution in [0, 0.1) is 0 Å². The summed E-state index contributed by atoms with van der Waals surface area (Å²) in [5.41, 5.74) is 0.627. The number of hydrogen-bond donors (Lipinski definition) is 4. The Morgan fingerprint density at radius 3 is 1.58 bits per heavy atom. The van der Waals surface area contributed by atoms with Crippen molar-refractivity contribution in [3.63, 3.8) is 0 Å². The zero-order valence-electron chi connectivity index (χ0n) is 23.1. The molecule has 0 fully saturated rings. The molecule has 2 aromatic heterocycles. The fourth-order valence-corrected chi connectivity index (χ4v) is 3.51. The zero-order valence-corrected chi connectivity index (χ0v) is 23.1. The van der Waals surface area contributed by atoms with E-state index in [0.717, 1.165) is 13.1 Å². The average molecular weight is 537 g/mol. The lowest BCUT2D eigenvalue weighted by Crippen LogP contribution is -2.40. The number of amides is 2. The largest absolute Gasteiger partial charge is 0.378 e. The second-order valence-electron chi connectivity index (χ2n) is 8.59. The van der Waals surface area contributed by atoms with E-state index in [4.69, 9.17) is 4.74 Å². The van der Waals surface area contributed by atoms with Gasteiger partial charge in [-0.15, -0.1) is 10.2 Å². The summed E-state index contributed by atoms with van der Waals surface area (Å²) in [5.74, 6) is -0.289. The third-order valence-corrected chi connectivity index (χ3v) is 5.72. The van der Waals surface area contributed by atoms with Gasteiger partial charge < -0.3 is 35.8 Å². The summed E-state index contributed by atoms with van der Waals surface area (Å²) in [7, 11) is 5.56. The molecule has 0 atom stereocenters. The van der Waals surface area contributed by atoms with Crippen LogP contribution in [0.4, 0.5) is 0 Å². The van der Waals surface area contributed by atoms with Crippen LogP contribution in [0.5, 0.6) is 0 Å². The second-order valence-corrected chi connectivity index (χ2v) is 8.59. The molecule has 0 saturated carbocycles. The summed E-state index contributed by atoms with van der Waals surface area (Å²) in [6.45, 7) is 9.78. The average Bonchev–Trinajstić information content (AvgIpc) is 3.60. The highest BCUT2D eigenvalue weighted by molar-refractivity contribution is 5.92. The van der Waals surface area contributed by atoms with Gasteiger partial charge in [0.2, 0.25) is 0 Å². The van der Waals surface area contributed by atoms with E-state index < -0.39 is 0 Å². The van der Waals surface area contributed by atoms with Crippen molar-refractivity contribution in [3.8, 4) is 0 Å². The highest BCUT2D eigenvalue weighted by atomic mass is 16.5. The van der Waals surface area contributed by atoms with Crippen molar-refractivity contribution in [3.05, 3.63) is 23.8 Å². The van der Waals surface area contributed by atoms with Crippen molar-refractivity contribution in [2.45, 2.75) is 20.0 Å². The van der Waals surface area contributed by atoms with Crippen molar-refractivity contribution < 1.29 is 14.3 Å². The smallest absolute Gasteiger partial charge is 0.276 e. The fourth-order valence-electron chi connectivity index (χ4n) is 3.51. The van der Waals surface area contributed by atoms with Crippen LogP contribution in [0.2, 0.25) is 0 Å². The van der Waals surface area contributed by atoms with E-state index in [1.165, 1.54) is 0 Å². The molecule has 2 heterocycles. The molecule has 4 N–H and O–H groups in total. The Kier molecular flexibility index (Phi) is 15.0. The summed E-state index contributed by atoms with van der Waals surface area (Å²) < 4.78 is 8.90. The molecule has 2 aromatic rings. The predicted octanol–water partition coefficient (Wildman–Crippen LogP) is -2.26. The van der Waals surface area contributed by atoms with Crippen molar-refractivity contribution >= 4 is 11.8 Å². The molecule has 0 bridgehead atoms. The van der Waals surface area contributed by atoms with Crippen molar-refractivity contribution in [2.75, 3.05) is 93.3 Å². The monoisotopic (exact) mass is 536 g/mol. The maximum absolute atomic E-state index is 12.9. The van der Waals surface area contributed by atoms with Crippen LogP contribution in [0.3, 0.4) is 0 Å². The van der Waals surface area contributed by atoms with Gasteiger partial charge in [-0.3, -0.25) is 9.59 Å². The van der Waals surface area contributed by atoms with Gasteiger partial charge in [0.15, 0.2) is 11.4 Å². The number of carbonyl (C=O) groups is 2. The van der Waals surface area contributed by atoms with E-state index in [0.29, 0.717) is 83.5 Å². The second kappa shape index (κ2) is 18.3. The maximum Gasteiger partial charge on any atom is 0.276 e. The van der Waals surface area contributed by atoms with E-state index in [2.05, 4.69) is 41.9 Å². The van der Waals surface area contributed by atoms with Gasteiger partial charge in [-0.1, -0.05) is 17.4 Å². The van der Waals surface area contributed by atoms with Crippen LogP contribution in [-0.2, 0) is 17.8 Å². The Hall–Kier alpha value is -2.98. The zero-order chi connectivity index (χ0) is 27.6. The number of ether oxygens (including phenoxy) is 1. The van der Waals surface area contributed by atoms with Crippen LogP contribution in [0.15, 0.2) is 12.4 Å². The van der Waals surface area contributed by atoms with E-state index in [9.17, 15) is 9.59 Å². The van der Waals surface area contributed by atoms with Gasteiger partial charge in [0, 0.05) is 52.4 Å². The van der Waals surface area contributed by atoms with Gasteiger partial charge in [0.1, 0.15) is 0 Å². The highest BCUT2D eigenvalue weighted by Crippen LogP contribution is 2.03. The number of rotatable bonds is 21. The molecule has 214 valence electrons. The Balaban J connectivity index is 1.77. The molecule has 2 amide bonds. The standard InChI is InChI=1S/C23H44N12O3/c1-5-27-9-13-33(12-8-26-4)23(37)21-19-35(31-29-21)15-17-38-16-14-34-18-20(28-30-34)22(36)32(10-6-24-2)11-7-25-3/h18-19,24-27H,5-17H2,1-4H3. The number of aromatic nitrogens is 6. The molecule has 15 heteroatoms. The number of nitrogens with zero attached hydrogens (tertiary/aromatic N) is 8. The lowest BCUT2D eigenvalue weighted by Gasteiger charge is -2.21. The molecule has 0 saturated heterocycles. The van der Waals surface area contributed by atoms with Crippen LogP contribution in [0.25, 0.3) is 0 Å². The molecule has 0 spiro atoms. The molecular weight excluding hydrogens is 492 g/mol. The van der Waals surface area contributed by atoms with Gasteiger partial charge in [0.05, 0.1) is 38.7 Å². The predicted molar refractivity (Wildman–Crippen MR) is 143 cm³/mol. The molecular formula is C23H44N12O3. The molecule has 2 rings (SSSR count). The van der Waals surface area contributed by atoms with Crippen LogP contribution in [0.1, 0.15) is 27.9 Å². The Morgan fingerprint density at radius 1 is 0.763 bits per heavy atom. The lowest BCUT2D eigenvalue weighted by molar-refractivity contribution is 0.0746. The van der Waals surface area contributed by atoms with Crippen molar-refractivity contribution in [1.82, 2.24) is 61.1 Å². The Bertz CT molecular complexity index is 926. The molecule has 0 aliphatic carbocycles. The first-order chi connectivity index (χ1) is 18.5. The first-order valence-corrected chi connectivity index (χ1v) is 13.1. The molecule has 38 heavy (non-hydrogen) atoms. The summed E-state index contributed by atoms with van der Waals surface area (Å²) in [4.78, 5) is 29.2.